The van der Waals surface area contributed by atoms with Crippen molar-refractivity contribution < 1.29 is 9.53 Å². The van der Waals surface area contributed by atoms with Crippen LogP contribution in [0.25, 0.3) is 22.2 Å². The number of benzene rings is 2. The molecule has 0 fully saturated rings. The molecule has 0 bridgehead atoms. The van der Waals surface area contributed by atoms with Gasteiger partial charge in [0.1, 0.15) is 5.75 Å². The number of ether oxygens (including phenoxy) is 1. The third kappa shape index (κ3) is 3.74. The van der Waals surface area contributed by atoms with Gasteiger partial charge in [0.2, 0.25) is 6.41 Å². The number of amides is 1. The van der Waals surface area contributed by atoms with Crippen LogP contribution in [-0.2, 0) is 4.79 Å². The summed E-state index contributed by atoms with van der Waals surface area (Å²) in [6.07, 6.45) is 0.462. The average Bonchev–Trinajstić information content (AvgIpc) is 2.62. The topological polar surface area (TPSA) is 87.1 Å². The Balaban J connectivity index is 2.13. The number of nitrogens with zero attached hydrogens (tertiary/aromatic N) is 1. The van der Waals surface area contributed by atoms with E-state index >= 15 is 0 Å². The molecule has 0 aliphatic rings. The lowest BCUT2D eigenvalue weighted by Crippen LogP contribution is -2.28. The molecule has 3 rings (SSSR count). The molecule has 25 heavy (non-hydrogen) atoms. The monoisotopic (exact) mass is 334 g/mol. The van der Waals surface area contributed by atoms with Gasteiger partial charge in [0, 0.05) is 17.0 Å². The molecule has 1 amide bonds. The summed E-state index contributed by atoms with van der Waals surface area (Å²) in [7, 11) is 0. The zero-order chi connectivity index (χ0) is 17.6. The standard InChI is InChI=1S/C19H18N4O2/c1-2-25-14-8-9-15-17(10-14)22-16(13-6-4-3-5-7-13)11-18(15)23-19(20)21-12-24/h3-12H,2H2,1H3,(H3,20,21,22,23,24). The number of hydrogen-bond donors (Lipinski definition) is 3. The van der Waals surface area contributed by atoms with Gasteiger partial charge in [-0.05, 0) is 25.1 Å². The Bertz CT molecular complexity index is 910. The number of aromatic nitrogens is 1. The van der Waals surface area contributed by atoms with Crippen LogP contribution in [0.5, 0.6) is 5.75 Å². The van der Waals surface area contributed by atoms with Crippen molar-refractivity contribution in [2.24, 2.45) is 0 Å². The number of fused-ring (bicyclic) bond motifs is 1. The third-order valence-electron chi connectivity index (χ3n) is 3.62. The smallest absolute Gasteiger partial charge is 0.213 e. The van der Waals surface area contributed by atoms with E-state index in [4.69, 9.17) is 15.1 Å². The van der Waals surface area contributed by atoms with Gasteiger partial charge in [-0.1, -0.05) is 30.3 Å². The second-order valence-corrected chi connectivity index (χ2v) is 5.30. The zero-order valence-electron chi connectivity index (χ0n) is 13.7. The molecule has 0 unspecified atom stereocenters. The molecule has 2 aromatic carbocycles. The highest BCUT2D eigenvalue weighted by molar-refractivity contribution is 6.05. The maximum absolute atomic E-state index is 10.6. The molecule has 0 spiro atoms. The van der Waals surface area contributed by atoms with Gasteiger partial charge in [-0.25, -0.2) is 4.98 Å². The number of anilines is 1. The van der Waals surface area contributed by atoms with E-state index in [1.54, 1.807) is 0 Å². The van der Waals surface area contributed by atoms with E-state index in [9.17, 15) is 4.79 Å². The zero-order valence-corrected chi connectivity index (χ0v) is 13.7. The lowest BCUT2D eigenvalue weighted by atomic mass is 10.1. The molecule has 0 atom stereocenters. The Labute approximate surface area is 145 Å². The molecular formula is C19H18N4O2. The van der Waals surface area contributed by atoms with E-state index in [1.807, 2.05) is 61.5 Å². The van der Waals surface area contributed by atoms with Gasteiger partial charge in [0.15, 0.2) is 5.96 Å². The molecule has 1 aromatic heterocycles. The molecule has 3 aromatic rings. The summed E-state index contributed by atoms with van der Waals surface area (Å²) < 4.78 is 5.56. The lowest BCUT2D eigenvalue weighted by molar-refractivity contribution is -0.108. The third-order valence-corrected chi connectivity index (χ3v) is 3.62. The summed E-state index contributed by atoms with van der Waals surface area (Å²) in [5.74, 6) is 0.634. The molecule has 0 aliphatic carbocycles. The van der Waals surface area contributed by atoms with Crippen molar-refractivity contribution in [2.75, 3.05) is 11.9 Å². The predicted octanol–water partition coefficient (Wildman–Crippen LogP) is 3.39. The number of rotatable bonds is 5. The fraction of sp³-hybridized carbons (Fsp3) is 0.105. The first-order chi connectivity index (χ1) is 12.2. The van der Waals surface area contributed by atoms with Gasteiger partial charge in [-0.2, -0.15) is 0 Å². The van der Waals surface area contributed by atoms with Crippen molar-refractivity contribution in [2.45, 2.75) is 6.92 Å². The molecular weight excluding hydrogens is 316 g/mol. The van der Waals surface area contributed by atoms with Crippen LogP contribution >= 0.6 is 0 Å². The fourth-order valence-corrected chi connectivity index (χ4v) is 2.55. The van der Waals surface area contributed by atoms with Crippen LogP contribution in [0.2, 0.25) is 0 Å². The highest BCUT2D eigenvalue weighted by Crippen LogP contribution is 2.30. The van der Waals surface area contributed by atoms with E-state index < -0.39 is 0 Å². The summed E-state index contributed by atoms with van der Waals surface area (Å²) in [6, 6.07) is 17.3. The molecule has 0 saturated heterocycles. The normalized spacial score (nSPS) is 10.3. The van der Waals surface area contributed by atoms with E-state index in [2.05, 4.69) is 10.6 Å². The van der Waals surface area contributed by atoms with Crippen molar-refractivity contribution in [1.29, 1.82) is 5.41 Å². The van der Waals surface area contributed by atoms with Crippen molar-refractivity contribution >= 4 is 29.0 Å². The van der Waals surface area contributed by atoms with E-state index in [0.29, 0.717) is 18.7 Å². The highest BCUT2D eigenvalue weighted by atomic mass is 16.5. The minimum absolute atomic E-state index is 0.101. The van der Waals surface area contributed by atoms with Gasteiger partial charge in [-0.15, -0.1) is 0 Å². The average molecular weight is 334 g/mol. The Kier molecular flexibility index (Phi) is 4.89. The van der Waals surface area contributed by atoms with Gasteiger partial charge >= 0.3 is 0 Å². The first kappa shape index (κ1) is 16.4. The largest absolute Gasteiger partial charge is 0.494 e. The van der Waals surface area contributed by atoms with Crippen LogP contribution in [0, 0.1) is 5.41 Å². The van der Waals surface area contributed by atoms with Crippen molar-refractivity contribution in [3.63, 3.8) is 0 Å². The number of pyridine rings is 1. The minimum atomic E-state index is -0.101. The van der Waals surface area contributed by atoms with Crippen LogP contribution in [0.1, 0.15) is 6.92 Å². The Hall–Kier alpha value is -3.41. The molecule has 1 heterocycles. The molecule has 0 saturated carbocycles. The molecule has 126 valence electrons. The Morgan fingerprint density at radius 3 is 2.72 bits per heavy atom. The maximum atomic E-state index is 10.6. The first-order valence-electron chi connectivity index (χ1n) is 7.90. The van der Waals surface area contributed by atoms with Crippen LogP contribution in [0.15, 0.2) is 54.6 Å². The molecule has 0 aliphatic heterocycles. The SMILES string of the molecule is CCOc1ccc2c(NC(=N)NC=O)cc(-c3ccccc3)nc2c1. The van der Waals surface area contributed by atoms with Crippen molar-refractivity contribution in [3.8, 4) is 17.0 Å². The quantitative estimate of drug-likeness (QED) is 0.379. The van der Waals surface area contributed by atoms with Crippen LogP contribution < -0.4 is 15.4 Å². The summed E-state index contributed by atoms with van der Waals surface area (Å²) in [5, 5.41) is 13.8. The Morgan fingerprint density at radius 2 is 2.00 bits per heavy atom. The predicted molar refractivity (Wildman–Crippen MR) is 98.9 cm³/mol. The van der Waals surface area contributed by atoms with Crippen LogP contribution in [0.4, 0.5) is 5.69 Å². The highest BCUT2D eigenvalue weighted by Gasteiger charge is 2.10. The second kappa shape index (κ2) is 7.44. The molecule has 0 radical (unpaired) electrons. The van der Waals surface area contributed by atoms with Gasteiger partial charge in [-0.3, -0.25) is 15.5 Å². The van der Waals surface area contributed by atoms with E-state index in [0.717, 1.165) is 27.9 Å². The van der Waals surface area contributed by atoms with Gasteiger partial charge in [0.25, 0.3) is 0 Å². The second-order valence-electron chi connectivity index (χ2n) is 5.30. The van der Waals surface area contributed by atoms with Crippen LogP contribution in [-0.4, -0.2) is 24.0 Å². The van der Waals surface area contributed by atoms with Crippen molar-refractivity contribution in [3.05, 3.63) is 54.6 Å². The maximum Gasteiger partial charge on any atom is 0.213 e. The van der Waals surface area contributed by atoms with Crippen molar-refractivity contribution in [1.82, 2.24) is 10.3 Å². The van der Waals surface area contributed by atoms with E-state index in [-0.39, 0.29) is 5.96 Å². The molecule has 6 heteroatoms. The lowest BCUT2D eigenvalue weighted by Gasteiger charge is -2.13. The van der Waals surface area contributed by atoms with E-state index in [1.165, 1.54) is 0 Å². The van der Waals surface area contributed by atoms with Gasteiger partial charge < -0.3 is 10.1 Å². The number of carbonyl (C=O) groups excluding carboxylic acids is 1. The summed E-state index contributed by atoms with van der Waals surface area (Å²) >= 11 is 0. The minimum Gasteiger partial charge on any atom is -0.494 e. The number of hydrogen-bond acceptors (Lipinski definition) is 4. The van der Waals surface area contributed by atoms with Gasteiger partial charge in [0.05, 0.1) is 23.5 Å². The summed E-state index contributed by atoms with van der Waals surface area (Å²) in [5.41, 5.74) is 3.16. The summed E-state index contributed by atoms with van der Waals surface area (Å²) in [4.78, 5) is 15.3. The molecule has 6 nitrogen and oxygen atoms in total. The number of guanidine groups is 1. The molecule has 3 N–H and O–H groups in total. The number of nitrogens with one attached hydrogen (secondary N) is 3. The first-order valence-corrected chi connectivity index (χ1v) is 7.90. The summed E-state index contributed by atoms with van der Waals surface area (Å²) in [6.45, 7) is 2.50. The number of carbonyl (C=O) groups is 1. The van der Waals surface area contributed by atoms with Crippen LogP contribution in [0.3, 0.4) is 0 Å². The Morgan fingerprint density at radius 1 is 1.20 bits per heavy atom. The fourth-order valence-electron chi connectivity index (χ4n) is 2.55.